The molecule has 0 aromatic carbocycles. The number of carbonyl (C=O) groups excluding carboxylic acids is 1. The third-order valence-electron chi connectivity index (χ3n) is 4.12. The van der Waals surface area contributed by atoms with Crippen molar-refractivity contribution in [3.63, 3.8) is 0 Å². The molecule has 2 heterocycles. The number of hydrogen-bond acceptors (Lipinski definition) is 4. The predicted molar refractivity (Wildman–Crippen MR) is 79.3 cm³/mol. The van der Waals surface area contributed by atoms with Crippen LogP contribution in [0.1, 0.15) is 36.2 Å². The Morgan fingerprint density at radius 1 is 1.48 bits per heavy atom. The van der Waals surface area contributed by atoms with Gasteiger partial charge in [-0.3, -0.25) is 4.79 Å². The van der Waals surface area contributed by atoms with Gasteiger partial charge >= 0.3 is 5.82 Å². The fourth-order valence-corrected chi connectivity index (χ4v) is 2.92. The maximum absolute atomic E-state index is 12.7. The normalized spacial score (nSPS) is 18.8. The van der Waals surface area contributed by atoms with Gasteiger partial charge in [0.15, 0.2) is 5.69 Å². The summed E-state index contributed by atoms with van der Waals surface area (Å²) in [7, 11) is 3.47. The fourth-order valence-electron chi connectivity index (χ4n) is 2.92. The molecule has 7 heteroatoms. The highest BCUT2D eigenvalue weighted by molar-refractivity contribution is 5.93. The first-order chi connectivity index (χ1) is 10.1. The number of likely N-dealkylation sites (tertiary alicyclic amines) is 1. The lowest BCUT2D eigenvalue weighted by Crippen LogP contribution is -2.45. The molecule has 0 aliphatic carbocycles. The first-order valence-corrected chi connectivity index (χ1v) is 7.32. The van der Waals surface area contributed by atoms with E-state index in [0.29, 0.717) is 5.69 Å². The number of nitrogens with one attached hydrogen (secondary N) is 1. The summed E-state index contributed by atoms with van der Waals surface area (Å²) in [4.78, 5) is 25.0. The molecule has 1 aliphatic rings. The summed E-state index contributed by atoms with van der Waals surface area (Å²) in [6.45, 7) is 1.59. The average molecular weight is 294 g/mol. The van der Waals surface area contributed by atoms with Crippen molar-refractivity contribution >= 4 is 11.7 Å². The molecule has 116 valence electrons. The molecule has 1 fully saturated rings. The van der Waals surface area contributed by atoms with E-state index in [-0.39, 0.29) is 17.8 Å². The summed E-state index contributed by atoms with van der Waals surface area (Å²) in [5.41, 5.74) is 0.387. The molecule has 1 unspecified atom stereocenters. The molecule has 1 aromatic heterocycles. The molecule has 1 aliphatic heterocycles. The minimum atomic E-state index is -0.467. The van der Waals surface area contributed by atoms with Gasteiger partial charge in [0.25, 0.3) is 5.91 Å². The van der Waals surface area contributed by atoms with Crippen molar-refractivity contribution in [2.75, 3.05) is 20.1 Å². The van der Waals surface area contributed by atoms with Gasteiger partial charge in [0.05, 0.1) is 7.05 Å². The summed E-state index contributed by atoms with van der Waals surface area (Å²) in [6, 6.07) is 3.15. The molecule has 2 rings (SSSR count). The van der Waals surface area contributed by atoms with E-state index in [2.05, 4.69) is 5.32 Å². The number of hydrogen-bond donors (Lipinski definition) is 1. The molecule has 0 radical (unpaired) electrons. The van der Waals surface area contributed by atoms with Gasteiger partial charge in [-0.15, -0.1) is 0 Å². The lowest BCUT2D eigenvalue weighted by Gasteiger charge is -2.35. The molecule has 1 saturated heterocycles. The van der Waals surface area contributed by atoms with Crippen LogP contribution >= 0.6 is 0 Å². The van der Waals surface area contributed by atoms with Gasteiger partial charge < -0.3 is 20.3 Å². The van der Waals surface area contributed by atoms with Crippen LogP contribution in [0.2, 0.25) is 0 Å². The number of nitrogens with zero attached hydrogens (tertiary/aromatic N) is 3. The lowest BCUT2D eigenvalue weighted by atomic mass is 9.99. The molecule has 21 heavy (non-hydrogen) atoms. The van der Waals surface area contributed by atoms with Gasteiger partial charge in [0, 0.05) is 18.7 Å². The van der Waals surface area contributed by atoms with Crippen molar-refractivity contribution in [3.05, 3.63) is 27.9 Å². The van der Waals surface area contributed by atoms with Crippen molar-refractivity contribution in [1.29, 1.82) is 0 Å². The van der Waals surface area contributed by atoms with E-state index < -0.39 is 4.92 Å². The first kappa shape index (κ1) is 15.5. The molecule has 1 N–H and O–H groups in total. The van der Waals surface area contributed by atoms with Gasteiger partial charge in [-0.25, -0.2) is 4.57 Å². The van der Waals surface area contributed by atoms with E-state index in [9.17, 15) is 14.9 Å². The van der Waals surface area contributed by atoms with E-state index in [1.165, 1.54) is 10.6 Å². The van der Waals surface area contributed by atoms with E-state index in [1.54, 1.807) is 13.1 Å². The van der Waals surface area contributed by atoms with Gasteiger partial charge in [-0.2, -0.15) is 0 Å². The summed E-state index contributed by atoms with van der Waals surface area (Å²) < 4.78 is 1.37. The number of carbonyl (C=O) groups is 1. The highest BCUT2D eigenvalue weighted by atomic mass is 16.6. The number of piperidine rings is 1. The maximum Gasteiger partial charge on any atom is 0.323 e. The summed E-state index contributed by atoms with van der Waals surface area (Å²) in [6.07, 6.45) is 4.04. The molecule has 1 aromatic rings. The van der Waals surface area contributed by atoms with Crippen molar-refractivity contribution in [3.8, 4) is 0 Å². The lowest BCUT2D eigenvalue weighted by molar-refractivity contribution is -0.391. The minimum Gasteiger partial charge on any atom is -0.358 e. The Hall–Kier alpha value is -1.89. The predicted octanol–water partition coefficient (Wildman–Crippen LogP) is 1.54. The average Bonchev–Trinajstić information content (AvgIpc) is 2.86. The molecule has 1 amide bonds. The third-order valence-corrected chi connectivity index (χ3v) is 4.12. The minimum absolute atomic E-state index is 0.0536. The Morgan fingerprint density at radius 3 is 2.86 bits per heavy atom. The second-order valence-corrected chi connectivity index (χ2v) is 5.43. The Kier molecular flexibility index (Phi) is 4.95. The molecule has 1 atom stereocenters. The van der Waals surface area contributed by atoms with Crippen molar-refractivity contribution in [2.45, 2.75) is 31.7 Å². The second kappa shape index (κ2) is 6.71. The van der Waals surface area contributed by atoms with Crippen LogP contribution in [0, 0.1) is 10.1 Å². The summed E-state index contributed by atoms with van der Waals surface area (Å²) in [5.74, 6) is -0.159. The molecule has 7 nitrogen and oxygen atoms in total. The van der Waals surface area contributed by atoms with Crippen molar-refractivity contribution in [2.24, 2.45) is 7.05 Å². The quantitative estimate of drug-likeness (QED) is 0.660. The van der Waals surface area contributed by atoms with E-state index in [0.717, 1.165) is 38.8 Å². The topological polar surface area (TPSA) is 80.4 Å². The zero-order valence-electron chi connectivity index (χ0n) is 12.5. The van der Waals surface area contributed by atoms with Crippen LogP contribution < -0.4 is 5.32 Å². The van der Waals surface area contributed by atoms with Crippen LogP contribution in [0.5, 0.6) is 0 Å². The summed E-state index contributed by atoms with van der Waals surface area (Å²) in [5, 5.41) is 14.0. The molecule has 0 spiro atoms. The van der Waals surface area contributed by atoms with Crippen molar-refractivity contribution < 1.29 is 9.72 Å². The molecular weight excluding hydrogens is 272 g/mol. The standard InChI is InChI=1S/C14H22N4O3/c1-15-9-8-11-5-3-4-10-17(11)14(19)12-6-7-13(16(12)2)18(20)21/h6-7,11,15H,3-5,8-10H2,1-2H3. The van der Waals surface area contributed by atoms with Crippen LogP contribution in [-0.4, -0.2) is 46.5 Å². The zero-order chi connectivity index (χ0) is 15.4. The SMILES string of the molecule is CNCCC1CCCCN1C(=O)c1ccc([N+](=O)[O-])n1C. The monoisotopic (exact) mass is 294 g/mol. The largest absolute Gasteiger partial charge is 0.358 e. The van der Waals surface area contributed by atoms with Crippen LogP contribution in [0.15, 0.2) is 12.1 Å². The Morgan fingerprint density at radius 2 is 2.24 bits per heavy atom. The Labute approximate surface area is 124 Å². The van der Waals surface area contributed by atoms with Gasteiger partial charge in [0.1, 0.15) is 0 Å². The number of aromatic nitrogens is 1. The van der Waals surface area contributed by atoms with Crippen LogP contribution in [0.25, 0.3) is 0 Å². The van der Waals surface area contributed by atoms with Crippen molar-refractivity contribution in [1.82, 2.24) is 14.8 Å². The number of nitro groups is 1. The Balaban J connectivity index is 2.18. The maximum atomic E-state index is 12.7. The van der Waals surface area contributed by atoms with Crippen LogP contribution in [0.4, 0.5) is 5.82 Å². The highest BCUT2D eigenvalue weighted by Crippen LogP contribution is 2.23. The highest BCUT2D eigenvalue weighted by Gasteiger charge is 2.31. The van der Waals surface area contributed by atoms with E-state index in [4.69, 9.17) is 0 Å². The smallest absolute Gasteiger partial charge is 0.323 e. The fraction of sp³-hybridized carbons (Fsp3) is 0.643. The van der Waals surface area contributed by atoms with Gasteiger partial charge in [-0.05, 0) is 50.3 Å². The van der Waals surface area contributed by atoms with Gasteiger partial charge in [-0.1, -0.05) is 0 Å². The molecular formula is C14H22N4O3. The number of rotatable bonds is 5. The second-order valence-electron chi connectivity index (χ2n) is 5.43. The third kappa shape index (κ3) is 3.24. The van der Waals surface area contributed by atoms with Gasteiger partial charge in [0.2, 0.25) is 0 Å². The van der Waals surface area contributed by atoms with Crippen LogP contribution in [0.3, 0.4) is 0 Å². The zero-order valence-corrected chi connectivity index (χ0v) is 12.5. The Bertz CT molecular complexity index is 526. The molecule has 0 saturated carbocycles. The summed E-state index contributed by atoms with van der Waals surface area (Å²) >= 11 is 0. The molecule has 0 bridgehead atoms. The van der Waals surface area contributed by atoms with E-state index in [1.807, 2.05) is 11.9 Å². The number of amides is 1. The van der Waals surface area contributed by atoms with E-state index >= 15 is 0 Å². The first-order valence-electron chi connectivity index (χ1n) is 7.32. The van der Waals surface area contributed by atoms with Crippen LogP contribution in [-0.2, 0) is 7.05 Å².